The quantitative estimate of drug-likeness (QED) is 0.464. The van der Waals surface area contributed by atoms with Crippen molar-refractivity contribution in [1.82, 2.24) is 15.3 Å². The molecule has 2 heterocycles. The molecule has 4 rings (SSSR count). The summed E-state index contributed by atoms with van der Waals surface area (Å²) in [7, 11) is 0. The Bertz CT molecular complexity index is 1050. The Labute approximate surface area is 183 Å². The number of amides is 1. The molecule has 0 saturated heterocycles. The molecule has 156 valence electrons. The van der Waals surface area contributed by atoms with Gasteiger partial charge in [-0.25, -0.2) is 9.37 Å². The third-order valence-electron chi connectivity index (χ3n) is 5.60. The number of rotatable bonds is 5. The highest BCUT2D eigenvalue weighted by Crippen LogP contribution is 2.32. The number of anilines is 1. The van der Waals surface area contributed by atoms with E-state index in [0.29, 0.717) is 22.0 Å². The minimum atomic E-state index is -0.303. The summed E-state index contributed by atoms with van der Waals surface area (Å²) < 4.78 is 13.8. The van der Waals surface area contributed by atoms with Crippen molar-refractivity contribution in [3.05, 3.63) is 64.3 Å². The molecule has 1 amide bonds. The number of hydrogen-bond acceptors (Lipinski definition) is 4. The second kappa shape index (κ2) is 9.08. The Kier molecular flexibility index (Phi) is 6.27. The van der Waals surface area contributed by atoms with Gasteiger partial charge in [-0.2, -0.15) is 0 Å². The minimum Gasteiger partial charge on any atom is -0.379 e. The van der Waals surface area contributed by atoms with Gasteiger partial charge in [0.15, 0.2) is 5.69 Å². The predicted molar refractivity (Wildman–Crippen MR) is 120 cm³/mol. The molecular weight excluding hydrogens is 447 g/mol. The van der Waals surface area contributed by atoms with Crippen molar-refractivity contribution in [3.8, 4) is 0 Å². The van der Waals surface area contributed by atoms with Crippen LogP contribution in [-0.4, -0.2) is 21.9 Å². The van der Waals surface area contributed by atoms with Gasteiger partial charge in [-0.1, -0.05) is 31.4 Å². The highest BCUT2D eigenvalue weighted by atomic mass is 79.9. The van der Waals surface area contributed by atoms with Gasteiger partial charge in [0.25, 0.3) is 5.91 Å². The number of aromatic nitrogens is 2. The number of fused-ring (bicyclic) bond motifs is 1. The summed E-state index contributed by atoms with van der Waals surface area (Å²) in [5, 5.41) is 7.41. The van der Waals surface area contributed by atoms with Gasteiger partial charge in [0.2, 0.25) is 0 Å². The number of nitrogens with one attached hydrogen (secondary N) is 2. The predicted octanol–water partition coefficient (Wildman–Crippen LogP) is 5.77. The van der Waals surface area contributed by atoms with Crippen LogP contribution in [0.25, 0.3) is 10.9 Å². The third-order valence-corrected chi connectivity index (χ3v) is 6.20. The van der Waals surface area contributed by atoms with Gasteiger partial charge in [-0.05, 0) is 65.5 Å². The van der Waals surface area contributed by atoms with E-state index in [4.69, 9.17) is 0 Å². The summed E-state index contributed by atoms with van der Waals surface area (Å²) in [4.78, 5) is 22.3. The fourth-order valence-electron chi connectivity index (χ4n) is 3.95. The second-order valence-corrected chi connectivity index (χ2v) is 8.50. The number of halogens is 2. The lowest BCUT2D eigenvalue weighted by Crippen LogP contribution is -2.30. The van der Waals surface area contributed by atoms with E-state index in [-0.39, 0.29) is 17.8 Å². The van der Waals surface area contributed by atoms with Crippen LogP contribution in [0.3, 0.4) is 0 Å². The highest BCUT2D eigenvalue weighted by Gasteiger charge is 2.24. The summed E-state index contributed by atoms with van der Waals surface area (Å²) in [6, 6.07) is 9.93. The van der Waals surface area contributed by atoms with Crippen molar-refractivity contribution in [2.24, 2.45) is 0 Å². The number of benzene rings is 1. The van der Waals surface area contributed by atoms with Gasteiger partial charge in [-0.3, -0.25) is 9.78 Å². The van der Waals surface area contributed by atoms with Crippen molar-refractivity contribution >= 4 is 38.4 Å². The lowest BCUT2D eigenvalue weighted by atomic mass is 9.95. The molecule has 7 heteroatoms. The molecule has 0 unspecified atom stereocenters. The van der Waals surface area contributed by atoms with Gasteiger partial charge in [-0.15, -0.1) is 0 Å². The van der Waals surface area contributed by atoms with Crippen molar-refractivity contribution in [1.29, 1.82) is 0 Å². The zero-order chi connectivity index (χ0) is 21.1. The maximum atomic E-state index is 13.2. The SMILES string of the molecule is C[C@H](NC(=O)c1nc(Br)c2cccnc2c1NC1CCCCC1)c1ccc(F)cc1. The first-order chi connectivity index (χ1) is 14.5. The Hall–Kier alpha value is -2.54. The molecule has 1 saturated carbocycles. The van der Waals surface area contributed by atoms with Crippen LogP contribution < -0.4 is 10.6 Å². The average Bonchev–Trinajstić information content (AvgIpc) is 2.76. The van der Waals surface area contributed by atoms with E-state index < -0.39 is 0 Å². The first kappa shape index (κ1) is 20.7. The van der Waals surface area contributed by atoms with Crippen LogP contribution in [0.1, 0.15) is 61.1 Å². The molecule has 1 atom stereocenters. The topological polar surface area (TPSA) is 66.9 Å². The summed E-state index contributed by atoms with van der Waals surface area (Å²) in [5.74, 6) is -0.596. The van der Waals surface area contributed by atoms with Gasteiger partial charge in [0.05, 0.1) is 17.2 Å². The molecule has 2 aromatic heterocycles. The molecular formula is C23H24BrFN4O. The Morgan fingerprint density at radius 1 is 1.17 bits per heavy atom. The summed E-state index contributed by atoms with van der Waals surface area (Å²) >= 11 is 3.49. The molecule has 1 aromatic carbocycles. The van der Waals surface area contributed by atoms with Crippen LogP contribution in [0.2, 0.25) is 0 Å². The smallest absolute Gasteiger partial charge is 0.272 e. The number of carbonyl (C=O) groups excluding carboxylic acids is 1. The molecule has 1 aliphatic carbocycles. The fraction of sp³-hybridized carbons (Fsp3) is 0.348. The third kappa shape index (κ3) is 4.46. The zero-order valence-electron chi connectivity index (χ0n) is 16.8. The van der Waals surface area contributed by atoms with E-state index in [2.05, 4.69) is 36.5 Å². The summed E-state index contributed by atoms with van der Waals surface area (Å²) in [6.45, 7) is 1.87. The number of carbonyl (C=O) groups is 1. The molecule has 2 N–H and O–H groups in total. The highest BCUT2D eigenvalue weighted by molar-refractivity contribution is 9.10. The molecule has 1 fully saturated rings. The lowest BCUT2D eigenvalue weighted by molar-refractivity contribution is 0.0935. The van der Waals surface area contributed by atoms with Gasteiger partial charge >= 0.3 is 0 Å². The van der Waals surface area contributed by atoms with E-state index >= 15 is 0 Å². The van der Waals surface area contributed by atoms with Crippen LogP contribution in [-0.2, 0) is 0 Å². The Morgan fingerprint density at radius 2 is 1.90 bits per heavy atom. The van der Waals surface area contributed by atoms with E-state index in [9.17, 15) is 9.18 Å². The molecule has 0 radical (unpaired) electrons. The van der Waals surface area contributed by atoms with Crippen molar-refractivity contribution in [2.45, 2.75) is 51.1 Å². The molecule has 0 bridgehead atoms. The van der Waals surface area contributed by atoms with Crippen LogP contribution >= 0.6 is 15.9 Å². The maximum Gasteiger partial charge on any atom is 0.272 e. The molecule has 5 nitrogen and oxygen atoms in total. The Morgan fingerprint density at radius 3 is 2.63 bits per heavy atom. The number of nitrogens with zero attached hydrogens (tertiary/aromatic N) is 2. The average molecular weight is 471 g/mol. The first-order valence-electron chi connectivity index (χ1n) is 10.3. The van der Waals surface area contributed by atoms with Crippen LogP contribution in [0.4, 0.5) is 10.1 Å². The van der Waals surface area contributed by atoms with Gasteiger partial charge < -0.3 is 10.6 Å². The van der Waals surface area contributed by atoms with Gasteiger partial charge in [0.1, 0.15) is 10.4 Å². The van der Waals surface area contributed by atoms with Gasteiger partial charge in [0, 0.05) is 17.6 Å². The summed E-state index contributed by atoms with van der Waals surface area (Å²) in [6.07, 6.45) is 7.46. The van der Waals surface area contributed by atoms with E-state index in [1.807, 2.05) is 19.1 Å². The van der Waals surface area contributed by atoms with Crippen LogP contribution in [0.5, 0.6) is 0 Å². The van der Waals surface area contributed by atoms with Crippen molar-refractivity contribution < 1.29 is 9.18 Å². The van der Waals surface area contributed by atoms with Crippen molar-refractivity contribution in [2.75, 3.05) is 5.32 Å². The van der Waals surface area contributed by atoms with E-state index in [0.717, 1.165) is 29.3 Å². The normalized spacial score (nSPS) is 15.7. The molecule has 1 aliphatic rings. The van der Waals surface area contributed by atoms with Crippen molar-refractivity contribution in [3.63, 3.8) is 0 Å². The standard InChI is InChI=1S/C23H24BrFN4O/c1-14(15-9-11-16(25)12-10-15)27-23(30)21-20(28-17-6-3-2-4-7-17)19-18(22(24)29-21)8-5-13-26-19/h5,8-14,17,28H,2-4,6-7H2,1H3,(H,27,30)/t14-/m0/s1. The zero-order valence-corrected chi connectivity index (χ0v) is 18.4. The number of pyridine rings is 2. The summed E-state index contributed by atoms with van der Waals surface area (Å²) in [5.41, 5.74) is 2.53. The van der Waals surface area contributed by atoms with E-state index in [1.165, 1.54) is 31.4 Å². The second-order valence-electron chi connectivity index (χ2n) is 7.75. The maximum absolute atomic E-state index is 13.2. The Balaban J connectivity index is 1.68. The largest absolute Gasteiger partial charge is 0.379 e. The fourth-order valence-corrected chi connectivity index (χ4v) is 4.45. The minimum absolute atomic E-state index is 0.291. The monoisotopic (exact) mass is 470 g/mol. The molecule has 3 aromatic rings. The van der Waals surface area contributed by atoms with E-state index in [1.54, 1.807) is 18.3 Å². The van der Waals surface area contributed by atoms with Crippen LogP contribution in [0, 0.1) is 5.82 Å². The first-order valence-corrected chi connectivity index (χ1v) is 11.1. The molecule has 0 spiro atoms. The molecule has 30 heavy (non-hydrogen) atoms. The lowest BCUT2D eigenvalue weighted by Gasteiger charge is -2.26. The number of hydrogen-bond donors (Lipinski definition) is 2. The van der Waals surface area contributed by atoms with Crippen LogP contribution in [0.15, 0.2) is 47.2 Å². The molecule has 0 aliphatic heterocycles.